The van der Waals surface area contributed by atoms with Gasteiger partial charge in [-0.05, 0) is 42.6 Å². The maximum Gasteiger partial charge on any atom is 0.254 e. The highest BCUT2D eigenvalue weighted by atomic mass is 16.2. The number of hydrogen-bond acceptors (Lipinski definition) is 3. The molecule has 1 fully saturated rings. The van der Waals surface area contributed by atoms with Crippen molar-refractivity contribution in [2.75, 3.05) is 25.4 Å². The maximum absolute atomic E-state index is 12.9. The van der Waals surface area contributed by atoms with Crippen LogP contribution in [0.25, 0.3) is 0 Å². The first-order valence-electron chi connectivity index (χ1n) is 8.00. The maximum atomic E-state index is 12.9. The van der Waals surface area contributed by atoms with E-state index in [0.717, 1.165) is 5.56 Å². The molecule has 1 aliphatic heterocycles. The lowest BCUT2D eigenvalue weighted by molar-refractivity contribution is 0.0786. The van der Waals surface area contributed by atoms with Crippen molar-refractivity contribution in [2.45, 2.75) is 12.8 Å². The highest BCUT2D eigenvalue weighted by Crippen LogP contribution is 2.33. The van der Waals surface area contributed by atoms with Gasteiger partial charge in [0, 0.05) is 30.3 Å². The number of nitrogens with two attached hydrogens (primary N) is 2. The van der Waals surface area contributed by atoms with Gasteiger partial charge in [0.25, 0.3) is 5.91 Å². The monoisotopic (exact) mass is 309 g/mol. The minimum atomic E-state index is 0.0479. The number of amides is 1. The Morgan fingerprint density at radius 3 is 2.61 bits per heavy atom. The first kappa shape index (κ1) is 15.6. The van der Waals surface area contributed by atoms with Crippen molar-refractivity contribution >= 4 is 11.6 Å². The van der Waals surface area contributed by atoms with Crippen LogP contribution < -0.4 is 11.5 Å². The number of carbonyl (C=O) groups is 1. The number of nitrogens with zero attached hydrogens (tertiary/aromatic N) is 1. The predicted molar refractivity (Wildman–Crippen MR) is 93.2 cm³/mol. The molecule has 4 heteroatoms. The topological polar surface area (TPSA) is 72.4 Å². The van der Waals surface area contributed by atoms with E-state index >= 15 is 0 Å². The Labute approximate surface area is 137 Å². The Morgan fingerprint density at radius 2 is 1.91 bits per heavy atom. The lowest BCUT2D eigenvalue weighted by atomic mass is 9.89. The summed E-state index contributed by atoms with van der Waals surface area (Å²) in [6, 6.07) is 15.8. The third kappa shape index (κ3) is 3.08. The van der Waals surface area contributed by atoms with E-state index < -0.39 is 0 Å². The summed E-state index contributed by atoms with van der Waals surface area (Å²) < 4.78 is 0. The number of benzene rings is 2. The summed E-state index contributed by atoms with van der Waals surface area (Å²) in [5, 5.41) is 0. The third-order valence-electron chi connectivity index (χ3n) is 4.75. The van der Waals surface area contributed by atoms with Crippen LogP contribution in [0.2, 0.25) is 0 Å². The first-order valence-corrected chi connectivity index (χ1v) is 8.00. The largest absolute Gasteiger partial charge is 0.399 e. The van der Waals surface area contributed by atoms with Crippen molar-refractivity contribution in [1.82, 2.24) is 4.90 Å². The zero-order valence-electron chi connectivity index (χ0n) is 13.4. The van der Waals surface area contributed by atoms with Gasteiger partial charge < -0.3 is 16.4 Å². The first-order chi connectivity index (χ1) is 11.1. The van der Waals surface area contributed by atoms with Gasteiger partial charge in [-0.25, -0.2) is 0 Å². The van der Waals surface area contributed by atoms with Crippen LogP contribution in [0.5, 0.6) is 0 Å². The number of likely N-dealkylation sites (tertiary alicyclic amines) is 1. The SMILES string of the molecule is Cc1ccc(N)cc1C(=O)N1C[C@@H](CN)[C@H](c2ccccc2)C1. The fourth-order valence-corrected chi connectivity index (χ4v) is 3.39. The molecule has 120 valence electrons. The molecular formula is C19H23N3O. The van der Waals surface area contributed by atoms with Gasteiger partial charge in [-0.1, -0.05) is 36.4 Å². The van der Waals surface area contributed by atoms with Crippen LogP contribution in [0.4, 0.5) is 5.69 Å². The van der Waals surface area contributed by atoms with Gasteiger partial charge in [0.2, 0.25) is 0 Å². The lowest BCUT2D eigenvalue weighted by Gasteiger charge is -2.18. The second-order valence-electron chi connectivity index (χ2n) is 6.30. The van der Waals surface area contributed by atoms with E-state index in [1.165, 1.54) is 5.56 Å². The Kier molecular flexibility index (Phi) is 4.35. The Balaban J connectivity index is 1.84. The average molecular weight is 309 g/mol. The Morgan fingerprint density at radius 1 is 1.17 bits per heavy atom. The molecule has 0 radical (unpaired) electrons. The van der Waals surface area contributed by atoms with E-state index in [2.05, 4.69) is 12.1 Å². The van der Waals surface area contributed by atoms with E-state index in [0.29, 0.717) is 42.7 Å². The van der Waals surface area contributed by atoms with E-state index in [4.69, 9.17) is 11.5 Å². The van der Waals surface area contributed by atoms with Crippen LogP contribution in [0, 0.1) is 12.8 Å². The molecular weight excluding hydrogens is 286 g/mol. The van der Waals surface area contributed by atoms with Crippen LogP contribution in [0.15, 0.2) is 48.5 Å². The van der Waals surface area contributed by atoms with Crippen molar-refractivity contribution in [3.8, 4) is 0 Å². The van der Waals surface area contributed by atoms with Gasteiger partial charge in [0.1, 0.15) is 0 Å². The zero-order valence-corrected chi connectivity index (χ0v) is 13.4. The van der Waals surface area contributed by atoms with Crippen molar-refractivity contribution in [1.29, 1.82) is 0 Å². The zero-order chi connectivity index (χ0) is 16.4. The second kappa shape index (κ2) is 6.42. The molecule has 2 aromatic carbocycles. The minimum Gasteiger partial charge on any atom is -0.399 e. The fraction of sp³-hybridized carbons (Fsp3) is 0.316. The Bertz CT molecular complexity index is 699. The summed E-state index contributed by atoms with van der Waals surface area (Å²) in [6.07, 6.45) is 0. The third-order valence-corrected chi connectivity index (χ3v) is 4.75. The van der Waals surface area contributed by atoms with Gasteiger partial charge >= 0.3 is 0 Å². The quantitative estimate of drug-likeness (QED) is 0.855. The van der Waals surface area contributed by atoms with Crippen molar-refractivity contribution in [2.24, 2.45) is 11.7 Å². The summed E-state index contributed by atoms with van der Waals surface area (Å²) >= 11 is 0. The molecule has 0 spiro atoms. The number of anilines is 1. The highest BCUT2D eigenvalue weighted by Gasteiger charge is 2.35. The van der Waals surface area contributed by atoms with Crippen LogP contribution in [0.3, 0.4) is 0 Å². The molecule has 2 atom stereocenters. The van der Waals surface area contributed by atoms with Gasteiger partial charge in [0.15, 0.2) is 0 Å². The molecule has 1 aliphatic rings. The van der Waals surface area contributed by atoms with Crippen molar-refractivity contribution in [3.63, 3.8) is 0 Å². The predicted octanol–water partition coefficient (Wildman–Crippen LogP) is 2.39. The molecule has 1 heterocycles. The molecule has 4 N–H and O–H groups in total. The molecule has 0 saturated carbocycles. The second-order valence-corrected chi connectivity index (χ2v) is 6.30. The molecule has 1 saturated heterocycles. The lowest BCUT2D eigenvalue weighted by Crippen LogP contribution is -2.30. The molecule has 2 aromatic rings. The van der Waals surface area contributed by atoms with E-state index in [1.54, 1.807) is 6.07 Å². The Hall–Kier alpha value is -2.33. The van der Waals surface area contributed by atoms with Gasteiger partial charge in [-0.2, -0.15) is 0 Å². The van der Waals surface area contributed by atoms with Crippen LogP contribution in [0.1, 0.15) is 27.4 Å². The van der Waals surface area contributed by atoms with Gasteiger partial charge in [0.05, 0.1) is 0 Å². The molecule has 0 aromatic heterocycles. The number of nitrogen functional groups attached to an aromatic ring is 1. The number of rotatable bonds is 3. The molecule has 4 nitrogen and oxygen atoms in total. The molecule has 1 amide bonds. The van der Waals surface area contributed by atoms with Crippen molar-refractivity contribution < 1.29 is 4.79 Å². The van der Waals surface area contributed by atoms with Crippen molar-refractivity contribution in [3.05, 3.63) is 65.2 Å². The fourth-order valence-electron chi connectivity index (χ4n) is 3.39. The highest BCUT2D eigenvalue weighted by molar-refractivity contribution is 5.96. The number of carbonyl (C=O) groups excluding carboxylic acids is 1. The van der Waals surface area contributed by atoms with E-state index in [9.17, 15) is 4.79 Å². The normalized spacial score (nSPS) is 20.7. The van der Waals surface area contributed by atoms with Crippen LogP contribution >= 0.6 is 0 Å². The molecule has 0 aliphatic carbocycles. The van der Waals surface area contributed by atoms with Crippen LogP contribution in [-0.4, -0.2) is 30.4 Å². The summed E-state index contributed by atoms with van der Waals surface area (Å²) in [5.74, 6) is 0.640. The summed E-state index contributed by atoms with van der Waals surface area (Å²) in [5.41, 5.74) is 15.3. The van der Waals surface area contributed by atoms with Crippen LogP contribution in [-0.2, 0) is 0 Å². The number of hydrogen-bond donors (Lipinski definition) is 2. The summed E-state index contributed by atoms with van der Waals surface area (Å²) in [7, 11) is 0. The standard InChI is InChI=1S/C19H23N3O/c1-13-7-8-16(21)9-17(13)19(23)22-11-15(10-20)18(12-22)14-5-3-2-4-6-14/h2-9,15,18H,10-12,20-21H2,1H3/t15-,18+/m1/s1. The smallest absolute Gasteiger partial charge is 0.254 e. The molecule has 0 unspecified atom stereocenters. The molecule has 3 rings (SSSR count). The molecule has 23 heavy (non-hydrogen) atoms. The van der Waals surface area contributed by atoms with E-state index in [-0.39, 0.29) is 5.91 Å². The number of aryl methyl sites for hydroxylation is 1. The summed E-state index contributed by atoms with van der Waals surface area (Å²) in [6.45, 7) is 3.93. The van der Waals surface area contributed by atoms with E-state index in [1.807, 2.05) is 42.2 Å². The van der Waals surface area contributed by atoms with Gasteiger partial charge in [-0.15, -0.1) is 0 Å². The molecule has 0 bridgehead atoms. The van der Waals surface area contributed by atoms with Gasteiger partial charge in [-0.3, -0.25) is 4.79 Å². The summed E-state index contributed by atoms with van der Waals surface area (Å²) in [4.78, 5) is 14.8. The minimum absolute atomic E-state index is 0.0479. The average Bonchev–Trinajstić information content (AvgIpc) is 3.01.